The van der Waals surface area contributed by atoms with Crippen LogP contribution in [-0.2, 0) is 16.9 Å². The van der Waals surface area contributed by atoms with E-state index in [9.17, 15) is 14.4 Å². The lowest BCUT2D eigenvalue weighted by atomic mass is 9.95. The van der Waals surface area contributed by atoms with E-state index in [1.165, 1.54) is 12.0 Å². The Bertz CT molecular complexity index is 1600. The summed E-state index contributed by atoms with van der Waals surface area (Å²) < 4.78 is 11.3. The topological polar surface area (TPSA) is 138 Å². The molecule has 194 valence electrons. The average Bonchev–Trinajstić information content (AvgIpc) is 3.60. The van der Waals surface area contributed by atoms with Gasteiger partial charge in [0.2, 0.25) is 0 Å². The molecule has 0 saturated carbocycles. The molecule has 3 aromatic rings. The number of hydrogen-bond acceptors (Lipinski definition) is 8. The number of methoxy groups -OCH3 is 1. The van der Waals surface area contributed by atoms with Crippen molar-refractivity contribution >= 4 is 40.5 Å². The molecule has 4 amide bonds. The molecular formula is C27H26N6O5. The van der Waals surface area contributed by atoms with Gasteiger partial charge in [-0.3, -0.25) is 19.9 Å². The molecule has 11 nitrogen and oxygen atoms in total. The number of carbonyl (C=O) groups excluding carboxylic acids is 3. The highest BCUT2D eigenvalue weighted by Crippen LogP contribution is 2.35. The lowest BCUT2D eigenvalue weighted by molar-refractivity contribution is -0.125. The number of pyridine rings is 1. The monoisotopic (exact) mass is 514 g/mol. The van der Waals surface area contributed by atoms with Gasteiger partial charge in [0, 0.05) is 18.2 Å². The smallest absolute Gasteiger partial charge is 0.322 e. The molecule has 2 atom stereocenters. The summed E-state index contributed by atoms with van der Waals surface area (Å²) in [6.45, 7) is 6.17. The molecule has 3 aliphatic heterocycles. The zero-order valence-corrected chi connectivity index (χ0v) is 21.3. The number of nitrogens with zero attached hydrogens (tertiary/aromatic N) is 3. The fourth-order valence-electron chi connectivity index (χ4n) is 5.20. The van der Waals surface area contributed by atoms with Crippen molar-refractivity contribution in [2.75, 3.05) is 19.0 Å². The van der Waals surface area contributed by atoms with E-state index in [-0.39, 0.29) is 30.8 Å². The van der Waals surface area contributed by atoms with E-state index in [0.717, 1.165) is 22.5 Å². The molecule has 1 aromatic carbocycles. The van der Waals surface area contributed by atoms with E-state index in [2.05, 4.69) is 25.9 Å². The summed E-state index contributed by atoms with van der Waals surface area (Å²) in [6, 6.07) is 9.87. The van der Waals surface area contributed by atoms with Gasteiger partial charge in [-0.25, -0.2) is 9.78 Å². The van der Waals surface area contributed by atoms with Gasteiger partial charge in [0.15, 0.2) is 11.1 Å². The number of carbonyl (C=O) groups is 3. The van der Waals surface area contributed by atoms with Crippen LogP contribution in [0.25, 0.3) is 11.1 Å². The summed E-state index contributed by atoms with van der Waals surface area (Å²) in [5.41, 5.74) is 3.58. The Kier molecular flexibility index (Phi) is 5.26. The lowest BCUT2D eigenvalue weighted by Gasteiger charge is -2.28. The van der Waals surface area contributed by atoms with Gasteiger partial charge in [0.25, 0.3) is 11.8 Å². The number of anilines is 1. The Morgan fingerprint density at radius 3 is 2.68 bits per heavy atom. The highest BCUT2D eigenvalue weighted by atomic mass is 16.5. The fraction of sp³-hybridized carbons (Fsp3) is 0.296. The van der Waals surface area contributed by atoms with E-state index >= 15 is 0 Å². The van der Waals surface area contributed by atoms with Crippen molar-refractivity contribution in [2.45, 2.75) is 38.9 Å². The number of amides is 4. The minimum absolute atomic E-state index is 0.103. The van der Waals surface area contributed by atoms with Crippen molar-refractivity contribution in [3.63, 3.8) is 0 Å². The predicted octanol–water partition coefficient (Wildman–Crippen LogP) is 3.08. The van der Waals surface area contributed by atoms with E-state index < -0.39 is 17.5 Å². The molecule has 6 rings (SSSR count). The number of ether oxygens (including phenoxy) is 1. The van der Waals surface area contributed by atoms with Crippen LogP contribution in [0.3, 0.4) is 0 Å². The quantitative estimate of drug-likeness (QED) is 0.430. The molecule has 11 heteroatoms. The minimum Gasteiger partial charge on any atom is -0.497 e. The number of hydrogen-bond donors (Lipinski definition) is 3. The third-order valence-corrected chi connectivity index (χ3v) is 7.38. The van der Waals surface area contributed by atoms with Gasteiger partial charge in [-0.1, -0.05) is 6.07 Å². The van der Waals surface area contributed by atoms with Crippen molar-refractivity contribution in [1.29, 1.82) is 0 Å². The first-order valence-electron chi connectivity index (χ1n) is 12.2. The summed E-state index contributed by atoms with van der Waals surface area (Å²) in [4.78, 5) is 49.5. The maximum Gasteiger partial charge on any atom is 0.322 e. The molecule has 0 radical (unpaired) electrons. The van der Waals surface area contributed by atoms with Crippen LogP contribution in [0.15, 0.2) is 57.1 Å². The molecule has 1 unspecified atom stereocenters. The Morgan fingerprint density at radius 2 is 2.00 bits per heavy atom. The van der Waals surface area contributed by atoms with Gasteiger partial charge in [-0.05, 0) is 56.2 Å². The third kappa shape index (κ3) is 3.61. The second-order valence-corrected chi connectivity index (χ2v) is 9.76. The van der Waals surface area contributed by atoms with Crippen molar-refractivity contribution in [1.82, 2.24) is 20.5 Å². The molecule has 1 saturated heterocycles. The molecule has 0 bridgehead atoms. The van der Waals surface area contributed by atoms with Crippen molar-refractivity contribution in [3.8, 4) is 5.75 Å². The van der Waals surface area contributed by atoms with Crippen molar-refractivity contribution < 1.29 is 23.5 Å². The second-order valence-electron chi connectivity index (χ2n) is 9.76. The summed E-state index contributed by atoms with van der Waals surface area (Å²) >= 11 is 0. The Balaban J connectivity index is 1.34. The van der Waals surface area contributed by atoms with Crippen LogP contribution in [0.2, 0.25) is 0 Å². The van der Waals surface area contributed by atoms with Crippen LogP contribution in [0, 0.1) is 0 Å². The van der Waals surface area contributed by atoms with E-state index in [1.807, 2.05) is 26.8 Å². The number of aromatic nitrogens is 1. The normalized spacial score (nSPS) is 22.6. The molecule has 0 spiro atoms. The highest BCUT2D eigenvalue weighted by molar-refractivity contribution is 6.08. The van der Waals surface area contributed by atoms with Gasteiger partial charge in [-0.2, -0.15) is 0 Å². The van der Waals surface area contributed by atoms with Gasteiger partial charge in [-0.15, -0.1) is 0 Å². The third-order valence-electron chi connectivity index (χ3n) is 7.38. The van der Waals surface area contributed by atoms with Gasteiger partial charge in [0.05, 0.1) is 31.1 Å². The molecule has 3 N–H and O–H groups in total. The number of imide groups is 1. The predicted molar refractivity (Wildman–Crippen MR) is 139 cm³/mol. The second kappa shape index (κ2) is 8.44. The Morgan fingerprint density at radius 1 is 1.18 bits per heavy atom. The molecule has 2 aromatic heterocycles. The number of rotatable bonds is 6. The number of nitrogens with one attached hydrogen (secondary N) is 3. The Labute approximate surface area is 217 Å². The first-order valence-corrected chi connectivity index (χ1v) is 12.2. The summed E-state index contributed by atoms with van der Waals surface area (Å²) in [5.74, 6) is 0.474. The number of furan rings is 1. The largest absolute Gasteiger partial charge is 0.497 e. The number of aliphatic imine (C=N–C) groups is 1. The van der Waals surface area contributed by atoms with Gasteiger partial charge in [0.1, 0.15) is 22.8 Å². The average molecular weight is 515 g/mol. The molecule has 5 heterocycles. The number of urea groups is 1. The van der Waals surface area contributed by atoms with E-state index in [0.29, 0.717) is 28.2 Å². The number of benzene rings is 1. The zero-order chi connectivity index (χ0) is 26.8. The molecule has 0 aliphatic carbocycles. The fourth-order valence-corrected chi connectivity index (χ4v) is 5.20. The minimum atomic E-state index is -1.61. The Hall–Kier alpha value is -4.67. The molecule has 38 heavy (non-hydrogen) atoms. The highest BCUT2D eigenvalue weighted by Gasteiger charge is 2.53. The van der Waals surface area contributed by atoms with Crippen LogP contribution in [0.1, 0.15) is 42.5 Å². The zero-order valence-electron chi connectivity index (χ0n) is 21.3. The first-order chi connectivity index (χ1) is 18.2. The SMILES string of the molecule is COc1ccc2c(c1)C(=O)N(C[C@@]1(c3cc4nc(NC5=C(C)C(C)N=C5C)ccc4o3)NC(=O)NC1=O)C2. The lowest BCUT2D eigenvalue weighted by Crippen LogP contribution is -2.52. The maximum atomic E-state index is 13.2. The van der Waals surface area contributed by atoms with Gasteiger partial charge >= 0.3 is 6.03 Å². The van der Waals surface area contributed by atoms with Crippen LogP contribution in [0.5, 0.6) is 5.75 Å². The van der Waals surface area contributed by atoms with Crippen LogP contribution in [0.4, 0.5) is 10.6 Å². The van der Waals surface area contributed by atoms with Crippen molar-refractivity contribution in [2.24, 2.45) is 4.99 Å². The standard InChI is InChI=1S/C27H26N6O5/c1-13-14(2)28-15(3)23(13)30-22-8-7-20-19(29-22)10-21(38-20)27(25(35)31-26(36)32-27)12-33-11-16-5-6-17(37-4)9-18(16)24(33)34/h5-10,14H,11-12H2,1-4H3,(H,29,30)(H2,31,32,35,36)/t14?,27-/m0/s1. The van der Waals surface area contributed by atoms with Crippen LogP contribution in [-0.4, -0.2) is 53.1 Å². The molecular weight excluding hydrogens is 488 g/mol. The van der Waals surface area contributed by atoms with Crippen LogP contribution < -0.4 is 20.7 Å². The summed E-state index contributed by atoms with van der Waals surface area (Å²) in [6.07, 6.45) is 0. The van der Waals surface area contributed by atoms with Gasteiger partial charge < -0.3 is 24.7 Å². The summed E-state index contributed by atoms with van der Waals surface area (Å²) in [7, 11) is 1.53. The summed E-state index contributed by atoms with van der Waals surface area (Å²) in [5, 5.41) is 8.33. The maximum absolute atomic E-state index is 13.2. The first kappa shape index (κ1) is 23.7. The number of allylic oxidation sites excluding steroid dienone is 1. The number of fused-ring (bicyclic) bond motifs is 2. The van der Waals surface area contributed by atoms with E-state index in [1.54, 1.807) is 30.3 Å². The van der Waals surface area contributed by atoms with Crippen LogP contribution >= 0.6 is 0 Å². The molecule has 3 aliphatic rings. The molecule has 1 fully saturated rings. The van der Waals surface area contributed by atoms with Crippen molar-refractivity contribution in [3.05, 3.63) is 64.6 Å². The van der Waals surface area contributed by atoms with E-state index in [4.69, 9.17) is 9.15 Å².